The third kappa shape index (κ3) is 3.20. The van der Waals surface area contributed by atoms with Crippen LogP contribution in [-0.2, 0) is 8.54 Å². The second kappa shape index (κ2) is 5.07. The lowest BCUT2D eigenvalue weighted by atomic mass is 10.2. The molecule has 0 radical (unpaired) electrons. The molecule has 1 aliphatic rings. The fourth-order valence-electron chi connectivity index (χ4n) is 1.66. The fourth-order valence-corrected chi connectivity index (χ4v) is 7.44. The molecule has 0 aliphatic heterocycles. The van der Waals surface area contributed by atoms with Gasteiger partial charge in [0.25, 0.3) is 0 Å². The quantitative estimate of drug-likeness (QED) is 0.689. The smallest absolute Gasteiger partial charge is 0.307 e. The van der Waals surface area contributed by atoms with E-state index in [2.05, 4.69) is 43.9 Å². The molecule has 0 amide bonds. The summed E-state index contributed by atoms with van der Waals surface area (Å²) in [7, 11) is -1.21. The number of allylic oxidation sites excluding steroid dienone is 4. The minimum absolute atomic E-state index is 0.609. The molecule has 0 heterocycles. The van der Waals surface area contributed by atoms with E-state index in [0.717, 1.165) is 6.42 Å². The van der Waals surface area contributed by atoms with Crippen molar-refractivity contribution in [2.24, 2.45) is 0 Å². The van der Waals surface area contributed by atoms with E-state index in [-0.39, 0.29) is 0 Å². The molecule has 2 atom stereocenters. The standard InChI is InChI=1S/C10H20O2Si2/c1-11-13(2)12-14(3,4)10-8-6-5-7-9-10/h5-8,10,13H,9H2,1-4H3. The Bertz CT molecular complexity index is 236. The highest BCUT2D eigenvalue weighted by molar-refractivity contribution is 6.78. The summed E-state index contributed by atoms with van der Waals surface area (Å²) in [5.74, 6) is 0. The van der Waals surface area contributed by atoms with Crippen molar-refractivity contribution in [3.05, 3.63) is 24.3 Å². The summed E-state index contributed by atoms with van der Waals surface area (Å²) < 4.78 is 11.4. The molecule has 0 N–H and O–H groups in total. The van der Waals surface area contributed by atoms with Crippen molar-refractivity contribution in [3.8, 4) is 0 Å². The lowest BCUT2D eigenvalue weighted by Gasteiger charge is -2.32. The lowest BCUT2D eigenvalue weighted by Crippen LogP contribution is -2.41. The Hall–Kier alpha value is -0.166. The van der Waals surface area contributed by atoms with Crippen LogP contribution in [0.4, 0.5) is 0 Å². The number of hydrogen-bond acceptors (Lipinski definition) is 2. The molecular weight excluding hydrogens is 208 g/mol. The third-order valence-corrected chi connectivity index (χ3v) is 9.31. The molecule has 0 saturated carbocycles. The van der Waals surface area contributed by atoms with Gasteiger partial charge in [0.15, 0.2) is 8.32 Å². The summed E-state index contributed by atoms with van der Waals surface area (Å²) in [5, 5.41) is 0. The van der Waals surface area contributed by atoms with Crippen molar-refractivity contribution in [1.29, 1.82) is 0 Å². The molecule has 1 rings (SSSR count). The molecule has 0 bridgehead atoms. The van der Waals surface area contributed by atoms with E-state index < -0.39 is 17.6 Å². The molecule has 4 heteroatoms. The van der Waals surface area contributed by atoms with E-state index in [1.165, 1.54) is 0 Å². The molecule has 14 heavy (non-hydrogen) atoms. The third-order valence-electron chi connectivity index (χ3n) is 2.68. The van der Waals surface area contributed by atoms with Crippen LogP contribution in [0.5, 0.6) is 0 Å². The van der Waals surface area contributed by atoms with Crippen molar-refractivity contribution in [1.82, 2.24) is 0 Å². The normalized spacial score (nSPS) is 23.9. The van der Waals surface area contributed by atoms with Crippen LogP contribution in [0.2, 0.25) is 25.2 Å². The highest BCUT2D eigenvalue weighted by Gasteiger charge is 2.33. The topological polar surface area (TPSA) is 18.5 Å². The molecule has 0 spiro atoms. The average molecular weight is 228 g/mol. The Labute approximate surface area is 89.6 Å². The van der Waals surface area contributed by atoms with Crippen LogP contribution in [-0.4, -0.2) is 24.7 Å². The summed E-state index contributed by atoms with van der Waals surface area (Å²) in [4.78, 5) is 0. The van der Waals surface area contributed by atoms with Gasteiger partial charge in [0.05, 0.1) is 0 Å². The maximum atomic E-state index is 6.10. The van der Waals surface area contributed by atoms with Crippen molar-refractivity contribution in [3.63, 3.8) is 0 Å². The van der Waals surface area contributed by atoms with Gasteiger partial charge < -0.3 is 8.54 Å². The van der Waals surface area contributed by atoms with E-state index in [1.807, 2.05) is 0 Å². The molecule has 2 nitrogen and oxygen atoms in total. The Morgan fingerprint density at radius 2 is 2.07 bits per heavy atom. The molecule has 80 valence electrons. The number of hydrogen-bond donors (Lipinski definition) is 0. The van der Waals surface area contributed by atoms with Crippen LogP contribution >= 0.6 is 0 Å². The van der Waals surface area contributed by atoms with Gasteiger partial charge in [-0.15, -0.1) is 0 Å². The van der Waals surface area contributed by atoms with Crippen LogP contribution in [0.15, 0.2) is 24.3 Å². The molecule has 0 aromatic rings. The van der Waals surface area contributed by atoms with Gasteiger partial charge in [-0.1, -0.05) is 24.3 Å². The zero-order chi connectivity index (χ0) is 10.6. The predicted molar refractivity (Wildman–Crippen MR) is 65.2 cm³/mol. The van der Waals surface area contributed by atoms with Gasteiger partial charge in [-0.25, -0.2) is 0 Å². The van der Waals surface area contributed by atoms with Crippen LogP contribution in [0, 0.1) is 0 Å². The zero-order valence-electron chi connectivity index (χ0n) is 9.49. The van der Waals surface area contributed by atoms with Gasteiger partial charge in [0.1, 0.15) is 0 Å². The lowest BCUT2D eigenvalue weighted by molar-refractivity contribution is 0.336. The second-order valence-corrected chi connectivity index (χ2v) is 10.7. The first-order valence-corrected chi connectivity index (χ1v) is 10.2. The van der Waals surface area contributed by atoms with Gasteiger partial charge in [-0.3, -0.25) is 0 Å². The molecule has 1 aliphatic carbocycles. The molecule has 0 fully saturated rings. The largest absolute Gasteiger partial charge is 0.438 e. The summed E-state index contributed by atoms with van der Waals surface area (Å²) in [6.45, 7) is 6.66. The Balaban J connectivity index is 2.55. The van der Waals surface area contributed by atoms with E-state index in [9.17, 15) is 0 Å². The molecule has 0 aromatic carbocycles. The summed E-state index contributed by atoms with van der Waals surface area (Å²) in [6.07, 6.45) is 9.87. The maximum Gasteiger partial charge on any atom is 0.307 e. The minimum atomic E-state index is -1.59. The summed E-state index contributed by atoms with van der Waals surface area (Å²) in [6, 6.07) is 0. The highest BCUT2D eigenvalue weighted by atomic mass is 28.4. The van der Waals surface area contributed by atoms with E-state index in [1.54, 1.807) is 7.11 Å². The van der Waals surface area contributed by atoms with Crippen LogP contribution in [0.25, 0.3) is 0 Å². The minimum Gasteiger partial charge on any atom is -0.438 e. The second-order valence-electron chi connectivity index (χ2n) is 4.18. The Morgan fingerprint density at radius 3 is 2.57 bits per heavy atom. The molecule has 0 aromatic heterocycles. The van der Waals surface area contributed by atoms with Gasteiger partial charge in [-0.05, 0) is 31.6 Å². The predicted octanol–water partition coefficient (Wildman–Crippen LogP) is 2.59. The fraction of sp³-hybridized carbons (Fsp3) is 0.600. The number of rotatable bonds is 4. The van der Waals surface area contributed by atoms with Crippen molar-refractivity contribution in [2.75, 3.05) is 7.11 Å². The zero-order valence-corrected chi connectivity index (χ0v) is 11.6. The van der Waals surface area contributed by atoms with E-state index in [0.29, 0.717) is 5.54 Å². The average Bonchev–Trinajstić information content (AvgIpc) is 2.18. The summed E-state index contributed by atoms with van der Waals surface area (Å²) in [5.41, 5.74) is 0.609. The van der Waals surface area contributed by atoms with Crippen LogP contribution in [0.1, 0.15) is 6.42 Å². The van der Waals surface area contributed by atoms with E-state index in [4.69, 9.17) is 8.54 Å². The molecular formula is C10H20O2Si2. The SMILES string of the molecule is CO[SiH](C)O[Si](C)(C)C1C=CC=CC1. The first-order chi connectivity index (χ1) is 6.56. The molecule has 2 unspecified atom stereocenters. The maximum absolute atomic E-state index is 6.10. The van der Waals surface area contributed by atoms with Crippen LogP contribution in [0.3, 0.4) is 0 Å². The summed E-state index contributed by atoms with van der Waals surface area (Å²) >= 11 is 0. The Kier molecular flexibility index (Phi) is 4.31. The van der Waals surface area contributed by atoms with Gasteiger partial charge in [0.2, 0.25) is 0 Å². The van der Waals surface area contributed by atoms with Crippen molar-refractivity contribution in [2.45, 2.75) is 31.6 Å². The Morgan fingerprint density at radius 1 is 1.36 bits per heavy atom. The van der Waals surface area contributed by atoms with Crippen molar-refractivity contribution >= 4 is 17.6 Å². The first-order valence-electron chi connectivity index (χ1n) is 5.10. The molecule has 0 saturated heterocycles. The van der Waals surface area contributed by atoms with E-state index >= 15 is 0 Å². The highest BCUT2D eigenvalue weighted by Crippen LogP contribution is 2.31. The van der Waals surface area contributed by atoms with Gasteiger partial charge in [0, 0.05) is 7.11 Å². The van der Waals surface area contributed by atoms with Crippen molar-refractivity contribution < 1.29 is 8.54 Å². The van der Waals surface area contributed by atoms with Crippen LogP contribution < -0.4 is 0 Å². The first kappa shape index (κ1) is 11.9. The van der Waals surface area contributed by atoms with Gasteiger partial charge >= 0.3 is 9.28 Å². The van der Waals surface area contributed by atoms with Gasteiger partial charge in [-0.2, -0.15) is 0 Å². The monoisotopic (exact) mass is 228 g/mol.